The highest BCUT2D eigenvalue weighted by atomic mass is 35.5. The van der Waals surface area contributed by atoms with Crippen molar-refractivity contribution in [1.29, 1.82) is 0 Å². The normalized spacial score (nSPS) is 18.0. The summed E-state index contributed by atoms with van der Waals surface area (Å²) in [5, 5.41) is 3.98. The Morgan fingerprint density at radius 3 is 2.40 bits per heavy atom. The first kappa shape index (κ1) is 30.3. The van der Waals surface area contributed by atoms with Crippen LogP contribution in [-0.4, -0.2) is 54.4 Å². The third-order valence-corrected chi connectivity index (χ3v) is 10.0. The summed E-state index contributed by atoms with van der Waals surface area (Å²) in [6, 6.07) is 13.5. The molecule has 1 aliphatic carbocycles. The number of fused-ring (bicyclic) bond motifs is 1. The molecule has 2 aromatic carbocycles. The van der Waals surface area contributed by atoms with Gasteiger partial charge in [0, 0.05) is 47.4 Å². The monoisotopic (exact) mass is 613 g/mol. The fourth-order valence-electron chi connectivity index (χ4n) is 5.59. The largest absolute Gasteiger partial charge is 0.351 e. The second-order valence-corrected chi connectivity index (χ2v) is 13.6. The first-order chi connectivity index (χ1) is 19.8. The van der Waals surface area contributed by atoms with Crippen molar-refractivity contribution in [2.45, 2.75) is 68.2 Å². The molecule has 2 heterocycles. The maximum absolute atomic E-state index is 15.0. The Morgan fingerprint density at radius 1 is 1.05 bits per heavy atom. The zero-order valence-electron chi connectivity index (χ0n) is 24.0. The number of rotatable bonds is 8. The van der Waals surface area contributed by atoms with E-state index in [1.54, 1.807) is 43.5 Å². The molecular weight excluding hydrogens is 580 g/mol. The van der Waals surface area contributed by atoms with Crippen LogP contribution in [0.1, 0.15) is 49.6 Å². The van der Waals surface area contributed by atoms with Crippen LogP contribution >= 0.6 is 11.6 Å². The second kappa shape index (κ2) is 11.8. The molecule has 0 radical (unpaired) electrons. The SMILES string of the molecule is Cc1nc(CS(=O)(=O)c2ccccc2Cl)ccc1-c1cc(C(C)(F)F)c2nc(NC3CCC(N(C)C)CC3)ncc2c1. The minimum absolute atomic E-state index is 0.0367. The molecule has 0 spiro atoms. The highest BCUT2D eigenvalue weighted by Crippen LogP contribution is 2.37. The van der Waals surface area contributed by atoms with Crippen molar-refractivity contribution in [1.82, 2.24) is 19.9 Å². The van der Waals surface area contributed by atoms with Gasteiger partial charge in [0.1, 0.15) is 0 Å². The van der Waals surface area contributed by atoms with Gasteiger partial charge in [-0.2, -0.15) is 0 Å². The van der Waals surface area contributed by atoms with Gasteiger partial charge < -0.3 is 10.2 Å². The van der Waals surface area contributed by atoms with Gasteiger partial charge in [-0.3, -0.25) is 4.98 Å². The van der Waals surface area contributed by atoms with Gasteiger partial charge in [0.25, 0.3) is 5.92 Å². The number of alkyl halides is 2. The summed E-state index contributed by atoms with van der Waals surface area (Å²) < 4.78 is 55.8. The molecule has 1 fully saturated rings. The van der Waals surface area contributed by atoms with Crippen molar-refractivity contribution in [2.24, 2.45) is 0 Å². The molecule has 0 amide bonds. The Balaban J connectivity index is 1.43. The Labute approximate surface area is 250 Å². The van der Waals surface area contributed by atoms with Gasteiger partial charge in [-0.15, -0.1) is 0 Å². The molecule has 0 atom stereocenters. The molecule has 0 aliphatic heterocycles. The lowest BCUT2D eigenvalue weighted by Gasteiger charge is -2.33. The van der Waals surface area contributed by atoms with Gasteiger partial charge in [-0.25, -0.2) is 27.2 Å². The summed E-state index contributed by atoms with van der Waals surface area (Å²) in [6.45, 7) is 2.58. The van der Waals surface area contributed by atoms with Gasteiger partial charge >= 0.3 is 0 Å². The van der Waals surface area contributed by atoms with E-state index in [0.29, 0.717) is 39.9 Å². The van der Waals surface area contributed by atoms with Gasteiger partial charge in [0.15, 0.2) is 9.84 Å². The third-order valence-electron chi connectivity index (χ3n) is 7.88. The number of benzene rings is 2. The number of aromatic nitrogens is 3. The fraction of sp³-hybridized carbons (Fsp3) is 0.387. The number of sulfone groups is 1. The lowest BCUT2D eigenvalue weighted by atomic mass is 9.90. The molecule has 11 heteroatoms. The van der Waals surface area contributed by atoms with Crippen LogP contribution in [0.5, 0.6) is 0 Å². The van der Waals surface area contributed by atoms with Crippen LogP contribution in [0.2, 0.25) is 5.02 Å². The van der Waals surface area contributed by atoms with Crippen molar-refractivity contribution < 1.29 is 17.2 Å². The van der Waals surface area contributed by atoms with Crippen molar-refractivity contribution >= 4 is 38.3 Å². The summed E-state index contributed by atoms with van der Waals surface area (Å²) in [5.74, 6) is -3.15. The van der Waals surface area contributed by atoms with Crippen molar-refractivity contribution in [3.05, 3.63) is 76.7 Å². The molecule has 0 unspecified atom stereocenters. The number of hydrogen-bond donors (Lipinski definition) is 1. The predicted octanol–water partition coefficient (Wildman–Crippen LogP) is 7.02. The Bertz CT molecular complexity index is 1720. The zero-order valence-corrected chi connectivity index (χ0v) is 25.6. The van der Waals surface area contributed by atoms with E-state index in [9.17, 15) is 17.2 Å². The van der Waals surface area contributed by atoms with Crippen molar-refractivity contribution in [3.63, 3.8) is 0 Å². The van der Waals surface area contributed by atoms with E-state index < -0.39 is 15.8 Å². The lowest BCUT2D eigenvalue weighted by Crippen LogP contribution is -2.36. The predicted molar refractivity (Wildman–Crippen MR) is 163 cm³/mol. The number of hydrogen-bond acceptors (Lipinski definition) is 7. The van der Waals surface area contributed by atoms with E-state index in [2.05, 4.69) is 39.3 Å². The van der Waals surface area contributed by atoms with Crippen LogP contribution in [0, 0.1) is 6.92 Å². The summed E-state index contributed by atoms with van der Waals surface area (Å²) in [4.78, 5) is 15.8. The maximum Gasteiger partial charge on any atom is 0.272 e. The number of anilines is 1. The average molecular weight is 614 g/mol. The van der Waals surface area contributed by atoms with Crippen LogP contribution < -0.4 is 5.32 Å². The molecule has 5 rings (SSSR count). The summed E-state index contributed by atoms with van der Waals surface area (Å²) in [7, 11) is 0.442. The summed E-state index contributed by atoms with van der Waals surface area (Å²) >= 11 is 6.11. The van der Waals surface area contributed by atoms with Crippen LogP contribution in [0.4, 0.5) is 14.7 Å². The minimum atomic E-state index is -3.73. The fourth-order valence-corrected chi connectivity index (χ4v) is 7.44. The maximum atomic E-state index is 15.0. The minimum Gasteiger partial charge on any atom is -0.351 e. The van der Waals surface area contributed by atoms with E-state index in [4.69, 9.17) is 11.6 Å². The zero-order chi connectivity index (χ0) is 30.2. The standard InChI is InChI=1S/C31H34ClF2N5O2S/c1-19-25(14-11-23(36-19)18-42(40,41)28-8-6-5-7-27(28)32)20-15-21-17-35-30(38-29(21)26(16-20)31(2,33)34)37-22-9-12-24(13-10-22)39(3)4/h5-8,11,14-17,22,24H,9-10,12-13,18H2,1-4H3,(H,35,37,38). The molecule has 7 nitrogen and oxygen atoms in total. The van der Waals surface area contributed by atoms with E-state index in [0.717, 1.165) is 32.6 Å². The Kier molecular flexibility index (Phi) is 8.51. The van der Waals surface area contributed by atoms with Gasteiger partial charge in [-0.05, 0) is 82.6 Å². The molecule has 1 saturated carbocycles. The van der Waals surface area contributed by atoms with E-state index in [1.165, 1.54) is 18.2 Å². The Hall–Kier alpha value is -3.21. The third kappa shape index (κ3) is 6.55. The smallest absolute Gasteiger partial charge is 0.272 e. The quantitative estimate of drug-likeness (QED) is 0.228. The number of nitrogens with zero attached hydrogens (tertiary/aromatic N) is 4. The number of halogens is 3. The van der Waals surface area contributed by atoms with Crippen LogP contribution in [0.25, 0.3) is 22.0 Å². The molecule has 1 aliphatic rings. The highest BCUT2D eigenvalue weighted by Gasteiger charge is 2.30. The lowest BCUT2D eigenvalue weighted by molar-refractivity contribution is 0.0189. The molecule has 42 heavy (non-hydrogen) atoms. The van der Waals surface area contributed by atoms with E-state index in [1.807, 2.05) is 0 Å². The van der Waals surface area contributed by atoms with Crippen LogP contribution in [0.3, 0.4) is 0 Å². The van der Waals surface area contributed by atoms with Crippen molar-refractivity contribution in [3.8, 4) is 11.1 Å². The molecule has 4 aromatic rings. The molecule has 222 valence electrons. The van der Waals surface area contributed by atoms with Crippen LogP contribution in [0.15, 0.2) is 59.6 Å². The van der Waals surface area contributed by atoms with Crippen molar-refractivity contribution in [2.75, 3.05) is 19.4 Å². The number of aryl methyl sites for hydroxylation is 1. The first-order valence-corrected chi connectivity index (χ1v) is 15.9. The summed E-state index contributed by atoms with van der Waals surface area (Å²) in [5.41, 5.74) is 1.97. The van der Waals surface area contributed by atoms with Crippen LogP contribution in [-0.2, 0) is 21.5 Å². The second-order valence-electron chi connectivity index (χ2n) is 11.3. The van der Waals surface area contributed by atoms with Gasteiger partial charge in [0.2, 0.25) is 5.95 Å². The van der Waals surface area contributed by atoms with E-state index in [-0.39, 0.29) is 32.8 Å². The topological polar surface area (TPSA) is 88.1 Å². The molecule has 0 bridgehead atoms. The van der Waals surface area contributed by atoms with Gasteiger partial charge in [0.05, 0.1) is 26.9 Å². The van der Waals surface area contributed by atoms with E-state index >= 15 is 0 Å². The molecule has 0 saturated heterocycles. The Morgan fingerprint density at radius 2 is 1.76 bits per heavy atom. The number of pyridine rings is 1. The molecular formula is C31H34ClF2N5O2S. The molecule has 2 aromatic heterocycles. The van der Waals surface area contributed by atoms with Gasteiger partial charge in [-0.1, -0.05) is 29.8 Å². The average Bonchev–Trinajstić information content (AvgIpc) is 2.92. The molecule has 1 N–H and O–H groups in total. The highest BCUT2D eigenvalue weighted by molar-refractivity contribution is 7.90. The number of nitrogens with one attached hydrogen (secondary N) is 1. The summed E-state index contributed by atoms with van der Waals surface area (Å²) in [6.07, 6.45) is 5.60. The first-order valence-electron chi connectivity index (χ1n) is 13.9.